The number of nitrogens with zero attached hydrogens (tertiary/aromatic N) is 1. The van der Waals surface area contributed by atoms with Crippen molar-refractivity contribution in [2.45, 2.75) is 6.92 Å². The van der Waals surface area contributed by atoms with E-state index in [1.165, 1.54) is 24.4 Å². The van der Waals surface area contributed by atoms with Crippen LogP contribution in [-0.4, -0.2) is 10.9 Å². The van der Waals surface area contributed by atoms with E-state index in [1.807, 2.05) is 6.92 Å². The lowest BCUT2D eigenvalue weighted by atomic mass is 10.2. The highest BCUT2D eigenvalue weighted by molar-refractivity contribution is 6.05. The van der Waals surface area contributed by atoms with E-state index in [9.17, 15) is 9.18 Å². The highest BCUT2D eigenvalue weighted by atomic mass is 19.1. The second-order valence-corrected chi connectivity index (χ2v) is 3.91. The van der Waals surface area contributed by atoms with Gasteiger partial charge in [0.05, 0.1) is 11.3 Å². The fourth-order valence-corrected chi connectivity index (χ4v) is 1.54. The van der Waals surface area contributed by atoms with Crippen LogP contribution in [0.15, 0.2) is 36.7 Å². The molecule has 3 N–H and O–H groups in total. The fourth-order valence-electron chi connectivity index (χ4n) is 1.54. The van der Waals surface area contributed by atoms with Gasteiger partial charge in [-0.25, -0.2) is 4.39 Å². The van der Waals surface area contributed by atoms with E-state index in [-0.39, 0.29) is 11.4 Å². The number of hydrogen-bond donors (Lipinski definition) is 2. The van der Waals surface area contributed by atoms with Crippen molar-refractivity contribution >= 4 is 17.3 Å². The standard InChI is InChI=1S/C13H12FN3O/c1-8-5-9(7-16-6-8)13(18)17-12-10(14)3-2-4-11(12)15/h2-7H,15H2,1H3,(H,17,18). The van der Waals surface area contributed by atoms with Crippen molar-refractivity contribution in [3.8, 4) is 0 Å². The second-order valence-electron chi connectivity index (χ2n) is 3.91. The number of rotatable bonds is 2. The number of pyridine rings is 1. The lowest BCUT2D eigenvalue weighted by Crippen LogP contribution is -2.14. The largest absolute Gasteiger partial charge is 0.397 e. The van der Waals surface area contributed by atoms with Crippen molar-refractivity contribution in [3.05, 3.63) is 53.6 Å². The van der Waals surface area contributed by atoms with E-state index in [0.29, 0.717) is 5.56 Å². The summed E-state index contributed by atoms with van der Waals surface area (Å²) in [5.74, 6) is -1.01. The number of carbonyl (C=O) groups excluding carboxylic acids is 1. The molecule has 0 unspecified atom stereocenters. The maximum Gasteiger partial charge on any atom is 0.257 e. The number of nitrogens with one attached hydrogen (secondary N) is 1. The Labute approximate surface area is 104 Å². The molecule has 18 heavy (non-hydrogen) atoms. The lowest BCUT2D eigenvalue weighted by molar-refractivity contribution is 0.102. The molecule has 92 valence electrons. The Kier molecular flexibility index (Phi) is 3.23. The molecule has 0 aliphatic heterocycles. The summed E-state index contributed by atoms with van der Waals surface area (Å²) in [6, 6.07) is 5.90. The van der Waals surface area contributed by atoms with Crippen LogP contribution in [0.3, 0.4) is 0 Å². The van der Waals surface area contributed by atoms with Gasteiger partial charge in [0, 0.05) is 12.4 Å². The first kappa shape index (κ1) is 12.0. The first-order valence-electron chi connectivity index (χ1n) is 5.35. The van der Waals surface area contributed by atoms with Gasteiger partial charge in [-0.05, 0) is 30.7 Å². The van der Waals surface area contributed by atoms with Crippen LogP contribution in [0.25, 0.3) is 0 Å². The number of benzene rings is 1. The van der Waals surface area contributed by atoms with Gasteiger partial charge >= 0.3 is 0 Å². The third-order valence-corrected chi connectivity index (χ3v) is 2.42. The van der Waals surface area contributed by atoms with Crippen molar-refractivity contribution in [2.24, 2.45) is 0 Å². The van der Waals surface area contributed by atoms with Crippen molar-refractivity contribution in [3.63, 3.8) is 0 Å². The summed E-state index contributed by atoms with van der Waals surface area (Å²) in [4.78, 5) is 15.8. The van der Waals surface area contributed by atoms with E-state index in [2.05, 4.69) is 10.3 Å². The summed E-state index contributed by atoms with van der Waals surface area (Å²) in [7, 11) is 0. The number of hydrogen-bond acceptors (Lipinski definition) is 3. The molecule has 0 radical (unpaired) electrons. The molecule has 1 aromatic heterocycles. The molecule has 4 nitrogen and oxygen atoms in total. The lowest BCUT2D eigenvalue weighted by Gasteiger charge is -2.09. The predicted octanol–water partition coefficient (Wildman–Crippen LogP) is 2.36. The van der Waals surface area contributed by atoms with Gasteiger partial charge in [-0.15, -0.1) is 0 Å². The Balaban J connectivity index is 2.27. The predicted molar refractivity (Wildman–Crippen MR) is 67.7 cm³/mol. The van der Waals surface area contributed by atoms with Gasteiger partial charge in [0.2, 0.25) is 0 Å². The number of nitrogen functional groups attached to an aromatic ring is 1. The number of halogens is 1. The summed E-state index contributed by atoms with van der Waals surface area (Å²) in [6.07, 6.45) is 3.05. The van der Waals surface area contributed by atoms with E-state index in [4.69, 9.17) is 5.73 Å². The van der Waals surface area contributed by atoms with E-state index in [1.54, 1.807) is 12.3 Å². The smallest absolute Gasteiger partial charge is 0.257 e. The summed E-state index contributed by atoms with van der Waals surface area (Å²) in [5, 5.41) is 2.44. The minimum absolute atomic E-state index is 0.0102. The third kappa shape index (κ3) is 2.45. The summed E-state index contributed by atoms with van der Waals surface area (Å²) >= 11 is 0. The number of para-hydroxylation sites is 1. The molecule has 2 aromatic rings. The summed E-state index contributed by atoms with van der Waals surface area (Å²) in [6.45, 7) is 1.82. The van der Waals surface area contributed by atoms with Crippen LogP contribution >= 0.6 is 0 Å². The average molecular weight is 245 g/mol. The monoisotopic (exact) mass is 245 g/mol. The van der Waals surface area contributed by atoms with Crippen LogP contribution in [-0.2, 0) is 0 Å². The van der Waals surface area contributed by atoms with Gasteiger partial charge in [-0.2, -0.15) is 0 Å². The topological polar surface area (TPSA) is 68.0 Å². The van der Waals surface area contributed by atoms with Gasteiger partial charge in [-0.3, -0.25) is 9.78 Å². The van der Waals surface area contributed by atoms with Gasteiger partial charge in [0.15, 0.2) is 0 Å². The number of amides is 1. The Hall–Kier alpha value is -2.43. The SMILES string of the molecule is Cc1cncc(C(=O)Nc2c(N)cccc2F)c1. The highest BCUT2D eigenvalue weighted by Gasteiger charge is 2.12. The minimum Gasteiger partial charge on any atom is -0.397 e. The van der Waals surface area contributed by atoms with Crippen LogP contribution in [0.1, 0.15) is 15.9 Å². The number of nitrogens with two attached hydrogens (primary N) is 1. The van der Waals surface area contributed by atoms with E-state index in [0.717, 1.165) is 5.56 Å². The molecular weight excluding hydrogens is 233 g/mol. The zero-order valence-electron chi connectivity index (χ0n) is 9.77. The Morgan fingerprint density at radius 3 is 2.83 bits per heavy atom. The molecule has 2 rings (SSSR count). The van der Waals surface area contributed by atoms with Crippen molar-refractivity contribution in [1.82, 2.24) is 4.98 Å². The molecule has 0 aliphatic rings. The van der Waals surface area contributed by atoms with Crippen molar-refractivity contribution < 1.29 is 9.18 Å². The second kappa shape index (κ2) is 4.83. The summed E-state index contributed by atoms with van der Waals surface area (Å²) in [5.41, 5.74) is 6.99. The van der Waals surface area contributed by atoms with Crippen LogP contribution in [0.4, 0.5) is 15.8 Å². The Bertz CT molecular complexity index is 578. The molecule has 0 saturated heterocycles. The molecule has 1 amide bonds. The Morgan fingerprint density at radius 1 is 1.39 bits per heavy atom. The maximum absolute atomic E-state index is 13.5. The number of aromatic nitrogens is 1. The van der Waals surface area contributed by atoms with Gasteiger partial charge in [0.1, 0.15) is 11.5 Å². The van der Waals surface area contributed by atoms with Crippen LogP contribution in [0.5, 0.6) is 0 Å². The quantitative estimate of drug-likeness (QED) is 0.798. The number of aryl methyl sites for hydroxylation is 1. The molecule has 1 heterocycles. The molecule has 0 saturated carbocycles. The first-order valence-corrected chi connectivity index (χ1v) is 5.35. The van der Waals surface area contributed by atoms with Crippen LogP contribution in [0, 0.1) is 12.7 Å². The van der Waals surface area contributed by atoms with Crippen molar-refractivity contribution in [1.29, 1.82) is 0 Å². The van der Waals surface area contributed by atoms with E-state index < -0.39 is 11.7 Å². The number of anilines is 2. The maximum atomic E-state index is 13.5. The molecular formula is C13H12FN3O. The molecule has 0 spiro atoms. The molecule has 0 aliphatic carbocycles. The number of carbonyl (C=O) groups is 1. The van der Waals surface area contributed by atoms with E-state index >= 15 is 0 Å². The van der Waals surface area contributed by atoms with Gasteiger partial charge in [0.25, 0.3) is 5.91 Å². The zero-order valence-corrected chi connectivity index (χ0v) is 9.77. The Morgan fingerprint density at radius 2 is 2.17 bits per heavy atom. The van der Waals surface area contributed by atoms with Gasteiger partial charge < -0.3 is 11.1 Å². The highest BCUT2D eigenvalue weighted by Crippen LogP contribution is 2.22. The molecule has 0 bridgehead atoms. The zero-order chi connectivity index (χ0) is 13.1. The summed E-state index contributed by atoms with van der Waals surface area (Å²) < 4.78 is 13.5. The van der Waals surface area contributed by atoms with Crippen LogP contribution in [0.2, 0.25) is 0 Å². The van der Waals surface area contributed by atoms with Gasteiger partial charge in [-0.1, -0.05) is 6.07 Å². The third-order valence-electron chi connectivity index (χ3n) is 2.42. The fraction of sp³-hybridized carbons (Fsp3) is 0.0769. The average Bonchev–Trinajstić information content (AvgIpc) is 2.34. The normalized spacial score (nSPS) is 10.1. The minimum atomic E-state index is -0.566. The molecule has 0 fully saturated rings. The molecule has 1 aromatic carbocycles. The van der Waals surface area contributed by atoms with Crippen LogP contribution < -0.4 is 11.1 Å². The molecule has 0 atom stereocenters. The van der Waals surface area contributed by atoms with Crippen molar-refractivity contribution in [2.75, 3.05) is 11.1 Å². The molecule has 5 heteroatoms. The first-order chi connectivity index (χ1) is 8.58.